The number of benzene rings is 2. The molecule has 124 valence electrons. The van der Waals surface area contributed by atoms with Crippen LogP contribution in [0.25, 0.3) is 10.9 Å². The predicted octanol–water partition coefficient (Wildman–Crippen LogP) is 3.63. The van der Waals surface area contributed by atoms with Crippen LogP contribution in [-0.4, -0.2) is 16.4 Å². The SMILES string of the molecule is CC(C#N)(Cc1ccccc1)NC(=O)c1cnc2c(F)cccc2c1. The average Bonchev–Trinajstić information content (AvgIpc) is 2.62. The molecule has 1 unspecified atom stereocenters. The van der Waals surface area contributed by atoms with E-state index in [0.717, 1.165) is 5.56 Å². The Bertz CT molecular complexity index is 966. The van der Waals surface area contributed by atoms with Gasteiger partial charge in [0.15, 0.2) is 0 Å². The molecule has 0 saturated carbocycles. The average molecular weight is 333 g/mol. The fraction of sp³-hybridized carbons (Fsp3) is 0.150. The molecular weight excluding hydrogens is 317 g/mol. The van der Waals surface area contributed by atoms with E-state index in [2.05, 4.69) is 16.4 Å². The quantitative estimate of drug-likeness (QED) is 0.793. The number of hydrogen-bond acceptors (Lipinski definition) is 3. The van der Waals surface area contributed by atoms with Gasteiger partial charge in [0, 0.05) is 18.0 Å². The van der Waals surface area contributed by atoms with E-state index in [9.17, 15) is 14.4 Å². The summed E-state index contributed by atoms with van der Waals surface area (Å²) in [4.78, 5) is 16.6. The maximum Gasteiger partial charge on any atom is 0.254 e. The van der Waals surface area contributed by atoms with E-state index in [1.54, 1.807) is 25.1 Å². The third kappa shape index (κ3) is 3.64. The second-order valence-electron chi connectivity index (χ2n) is 6.10. The number of amides is 1. The number of rotatable bonds is 4. The van der Waals surface area contributed by atoms with Crippen molar-refractivity contribution in [1.29, 1.82) is 5.26 Å². The lowest BCUT2D eigenvalue weighted by atomic mass is 9.94. The van der Waals surface area contributed by atoms with Crippen molar-refractivity contribution in [1.82, 2.24) is 10.3 Å². The molecule has 0 fully saturated rings. The second-order valence-corrected chi connectivity index (χ2v) is 6.10. The van der Waals surface area contributed by atoms with Crippen LogP contribution >= 0.6 is 0 Å². The van der Waals surface area contributed by atoms with Crippen LogP contribution in [-0.2, 0) is 6.42 Å². The van der Waals surface area contributed by atoms with E-state index >= 15 is 0 Å². The molecule has 1 amide bonds. The van der Waals surface area contributed by atoms with Crippen LogP contribution in [0.4, 0.5) is 4.39 Å². The maximum absolute atomic E-state index is 13.7. The van der Waals surface area contributed by atoms with Gasteiger partial charge in [0.2, 0.25) is 0 Å². The van der Waals surface area contributed by atoms with Crippen molar-refractivity contribution < 1.29 is 9.18 Å². The van der Waals surface area contributed by atoms with Crippen LogP contribution in [0.15, 0.2) is 60.8 Å². The highest BCUT2D eigenvalue weighted by atomic mass is 19.1. The lowest BCUT2D eigenvalue weighted by Crippen LogP contribution is -2.46. The summed E-state index contributed by atoms with van der Waals surface area (Å²) in [7, 11) is 0. The smallest absolute Gasteiger partial charge is 0.254 e. The molecule has 3 rings (SSSR count). The summed E-state index contributed by atoms with van der Waals surface area (Å²) in [5, 5.41) is 12.8. The van der Waals surface area contributed by atoms with Crippen LogP contribution in [0.2, 0.25) is 0 Å². The summed E-state index contributed by atoms with van der Waals surface area (Å²) in [6.07, 6.45) is 1.70. The zero-order valence-electron chi connectivity index (χ0n) is 13.7. The van der Waals surface area contributed by atoms with Crippen molar-refractivity contribution in [2.75, 3.05) is 0 Å². The second kappa shape index (κ2) is 6.70. The lowest BCUT2D eigenvalue weighted by Gasteiger charge is -2.23. The topological polar surface area (TPSA) is 65.8 Å². The number of aromatic nitrogens is 1. The molecular formula is C20H16FN3O. The van der Waals surface area contributed by atoms with Gasteiger partial charge in [0.05, 0.1) is 11.6 Å². The van der Waals surface area contributed by atoms with Gasteiger partial charge in [-0.1, -0.05) is 42.5 Å². The predicted molar refractivity (Wildman–Crippen MR) is 93.3 cm³/mol. The Labute approximate surface area is 144 Å². The zero-order chi connectivity index (χ0) is 17.9. The summed E-state index contributed by atoms with van der Waals surface area (Å²) < 4.78 is 13.7. The van der Waals surface area contributed by atoms with Gasteiger partial charge in [-0.25, -0.2) is 4.39 Å². The van der Waals surface area contributed by atoms with Crippen molar-refractivity contribution in [3.05, 3.63) is 77.7 Å². The fourth-order valence-electron chi connectivity index (χ4n) is 2.69. The molecule has 0 spiro atoms. The molecule has 3 aromatic rings. The van der Waals surface area contributed by atoms with Crippen LogP contribution < -0.4 is 5.32 Å². The molecule has 0 aliphatic rings. The molecule has 0 saturated heterocycles. The van der Waals surface area contributed by atoms with Crippen molar-refractivity contribution in [2.24, 2.45) is 0 Å². The van der Waals surface area contributed by atoms with Gasteiger partial charge in [0.1, 0.15) is 16.9 Å². The Hall–Kier alpha value is -3.26. The van der Waals surface area contributed by atoms with Gasteiger partial charge in [-0.3, -0.25) is 9.78 Å². The number of nitriles is 1. The number of nitrogens with one attached hydrogen (secondary N) is 1. The van der Waals surface area contributed by atoms with E-state index in [4.69, 9.17) is 0 Å². The number of nitrogens with zero attached hydrogens (tertiary/aromatic N) is 2. The van der Waals surface area contributed by atoms with Crippen LogP contribution in [0, 0.1) is 17.1 Å². The molecule has 5 heteroatoms. The number of carbonyl (C=O) groups is 1. The first-order chi connectivity index (χ1) is 12.0. The summed E-state index contributed by atoms with van der Waals surface area (Å²) in [6, 6.07) is 17.8. The van der Waals surface area contributed by atoms with Gasteiger partial charge < -0.3 is 5.32 Å². The molecule has 25 heavy (non-hydrogen) atoms. The molecule has 0 aliphatic carbocycles. The zero-order valence-corrected chi connectivity index (χ0v) is 13.7. The Morgan fingerprint density at radius 3 is 2.72 bits per heavy atom. The monoisotopic (exact) mass is 333 g/mol. The molecule has 1 heterocycles. The standard InChI is InChI=1S/C20H16FN3O/c1-20(13-22,11-14-6-3-2-4-7-14)24-19(25)16-10-15-8-5-9-17(21)18(15)23-12-16/h2-10,12H,11H2,1H3,(H,24,25). The highest BCUT2D eigenvalue weighted by Gasteiger charge is 2.27. The van der Waals surface area contributed by atoms with Crippen molar-refractivity contribution >= 4 is 16.8 Å². The fourth-order valence-corrected chi connectivity index (χ4v) is 2.69. The van der Waals surface area contributed by atoms with E-state index in [-0.39, 0.29) is 11.1 Å². The Kier molecular flexibility index (Phi) is 4.44. The maximum atomic E-state index is 13.7. The van der Waals surface area contributed by atoms with E-state index in [1.165, 1.54) is 12.3 Å². The van der Waals surface area contributed by atoms with Gasteiger partial charge in [-0.05, 0) is 24.6 Å². The number of carbonyl (C=O) groups excluding carboxylic acids is 1. The number of halogens is 1. The summed E-state index contributed by atoms with van der Waals surface area (Å²) >= 11 is 0. The third-order valence-corrected chi connectivity index (χ3v) is 3.96. The lowest BCUT2D eigenvalue weighted by molar-refractivity contribution is 0.0924. The number of para-hydroxylation sites is 1. The molecule has 1 atom stereocenters. The molecule has 2 aromatic carbocycles. The molecule has 1 aromatic heterocycles. The molecule has 0 bridgehead atoms. The normalized spacial score (nSPS) is 13.0. The van der Waals surface area contributed by atoms with Crippen molar-refractivity contribution in [3.63, 3.8) is 0 Å². The van der Waals surface area contributed by atoms with Gasteiger partial charge in [-0.2, -0.15) is 5.26 Å². The van der Waals surface area contributed by atoms with Crippen LogP contribution in [0.3, 0.4) is 0 Å². The molecule has 4 nitrogen and oxygen atoms in total. The van der Waals surface area contributed by atoms with E-state index in [0.29, 0.717) is 11.8 Å². The summed E-state index contributed by atoms with van der Waals surface area (Å²) in [5.41, 5.74) is 0.388. The first-order valence-electron chi connectivity index (χ1n) is 7.83. The van der Waals surface area contributed by atoms with Crippen molar-refractivity contribution in [2.45, 2.75) is 18.9 Å². The number of fused-ring (bicyclic) bond motifs is 1. The minimum atomic E-state index is -1.06. The van der Waals surface area contributed by atoms with Gasteiger partial charge >= 0.3 is 0 Å². The highest BCUT2D eigenvalue weighted by molar-refractivity contribution is 5.97. The van der Waals surface area contributed by atoms with Crippen LogP contribution in [0.1, 0.15) is 22.8 Å². The summed E-state index contributed by atoms with van der Waals surface area (Å²) in [6.45, 7) is 1.67. The Morgan fingerprint density at radius 1 is 1.24 bits per heavy atom. The Morgan fingerprint density at radius 2 is 2.00 bits per heavy atom. The van der Waals surface area contributed by atoms with Crippen molar-refractivity contribution in [3.8, 4) is 6.07 Å². The summed E-state index contributed by atoms with van der Waals surface area (Å²) in [5.74, 6) is -0.853. The third-order valence-electron chi connectivity index (χ3n) is 3.96. The van der Waals surface area contributed by atoms with Crippen LogP contribution in [0.5, 0.6) is 0 Å². The molecule has 0 aliphatic heterocycles. The van der Waals surface area contributed by atoms with E-state index in [1.807, 2.05) is 30.3 Å². The highest BCUT2D eigenvalue weighted by Crippen LogP contribution is 2.18. The molecule has 0 radical (unpaired) electrons. The largest absolute Gasteiger partial charge is 0.334 e. The minimum Gasteiger partial charge on any atom is -0.334 e. The molecule has 1 N–H and O–H groups in total. The first kappa shape index (κ1) is 16.6. The first-order valence-corrected chi connectivity index (χ1v) is 7.83. The van der Waals surface area contributed by atoms with E-state index < -0.39 is 17.3 Å². The number of pyridine rings is 1. The number of hydrogen-bond donors (Lipinski definition) is 1. The van der Waals surface area contributed by atoms with Gasteiger partial charge in [-0.15, -0.1) is 0 Å². The Balaban J connectivity index is 1.84. The minimum absolute atomic E-state index is 0.214. The van der Waals surface area contributed by atoms with Gasteiger partial charge in [0.25, 0.3) is 5.91 Å².